The zero-order valence-corrected chi connectivity index (χ0v) is 21.5. The maximum Gasteiger partial charge on any atom is 0.327 e. The number of hydrogen-bond acceptors (Lipinski definition) is 7. The number of imidazole rings is 1. The van der Waals surface area contributed by atoms with Crippen LogP contribution in [0.5, 0.6) is 17.4 Å². The van der Waals surface area contributed by atoms with Crippen LogP contribution in [0.4, 0.5) is 0 Å². The molecule has 0 bridgehead atoms. The monoisotopic (exact) mass is 511 g/mol. The van der Waals surface area contributed by atoms with Crippen molar-refractivity contribution in [3.05, 3.63) is 70.8 Å². The Labute approximate surface area is 209 Å². The quantitative estimate of drug-likeness (QED) is 0.344. The smallest absolute Gasteiger partial charge is 0.327 e. The number of nitrogens with zero attached hydrogens (tertiary/aromatic N) is 2. The van der Waals surface area contributed by atoms with Gasteiger partial charge in [-0.25, -0.2) is 18.2 Å². The molecular formula is C26H29N3O6S. The molecule has 4 rings (SSSR count). The van der Waals surface area contributed by atoms with Gasteiger partial charge >= 0.3 is 5.69 Å². The van der Waals surface area contributed by atoms with Gasteiger partial charge in [0.1, 0.15) is 15.6 Å². The summed E-state index contributed by atoms with van der Waals surface area (Å²) in [6.45, 7) is 4.61. The van der Waals surface area contributed by atoms with Gasteiger partial charge in [-0.3, -0.25) is 4.57 Å². The van der Waals surface area contributed by atoms with Crippen molar-refractivity contribution >= 4 is 20.9 Å². The molecule has 1 N–H and O–H groups in total. The van der Waals surface area contributed by atoms with Crippen molar-refractivity contribution < 1.29 is 22.6 Å². The molecule has 10 heteroatoms. The van der Waals surface area contributed by atoms with E-state index >= 15 is 0 Å². The van der Waals surface area contributed by atoms with Crippen LogP contribution in [0.2, 0.25) is 0 Å². The van der Waals surface area contributed by atoms with E-state index in [1.165, 1.54) is 11.7 Å². The Kier molecular flexibility index (Phi) is 7.35. The number of fused-ring (bicyclic) bond motifs is 1. The molecule has 4 aromatic rings. The first-order valence-corrected chi connectivity index (χ1v) is 13.6. The lowest BCUT2D eigenvalue weighted by Gasteiger charge is -2.19. The number of nitrogens with one attached hydrogen (secondary N) is 1. The number of aromatic nitrogens is 3. The van der Waals surface area contributed by atoms with Crippen LogP contribution in [0.3, 0.4) is 0 Å². The van der Waals surface area contributed by atoms with Crippen LogP contribution in [0.1, 0.15) is 25.6 Å². The minimum absolute atomic E-state index is 0.235. The van der Waals surface area contributed by atoms with Gasteiger partial charge in [-0.1, -0.05) is 24.3 Å². The van der Waals surface area contributed by atoms with E-state index in [-0.39, 0.29) is 11.6 Å². The summed E-state index contributed by atoms with van der Waals surface area (Å²) in [5, 5.41) is 0. The number of hydrogen-bond donors (Lipinski definition) is 1. The fourth-order valence-corrected chi connectivity index (χ4v) is 5.09. The lowest BCUT2D eigenvalue weighted by atomic mass is 10.0. The number of aromatic amines is 1. The number of para-hydroxylation sites is 1. The number of sulfone groups is 1. The van der Waals surface area contributed by atoms with Gasteiger partial charge in [-0.15, -0.1) is 0 Å². The van der Waals surface area contributed by atoms with Crippen LogP contribution in [0.25, 0.3) is 22.2 Å². The Balaban J connectivity index is 1.87. The molecule has 2 aromatic heterocycles. The van der Waals surface area contributed by atoms with E-state index in [1.54, 1.807) is 18.2 Å². The summed E-state index contributed by atoms with van der Waals surface area (Å²) in [6.07, 6.45) is 1.13. The van der Waals surface area contributed by atoms with Crippen LogP contribution in [-0.4, -0.2) is 55.3 Å². The summed E-state index contributed by atoms with van der Waals surface area (Å²) < 4.78 is 42.9. The Morgan fingerprint density at radius 2 is 1.75 bits per heavy atom. The van der Waals surface area contributed by atoms with Gasteiger partial charge in [0.05, 0.1) is 48.8 Å². The molecule has 0 aliphatic rings. The highest BCUT2D eigenvalue weighted by Gasteiger charge is 2.26. The van der Waals surface area contributed by atoms with Crippen molar-refractivity contribution in [3.8, 4) is 28.5 Å². The summed E-state index contributed by atoms with van der Waals surface area (Å²) in [5.74, 6) is 1.07. The molecule has 0 spiro atoms. The minimum Gasteiger partial charge on any atom is -0.493 e. The zero-order valence-electron chi connectivity index (χ0n) is 20.6. The number of benzene rings is 2. The average Bonchev–Trinajstić information content (AvgIpc) is 3.17. The minimum atomic E-state index is -3.49. The molecule has 190 valence electrons. The second kappa shape index (κ2) is 10.4. The molecule has 0 fully saturated rings. The van der Waals surface area contributed by atoms with Crippen molar-refractivity contribution in [2.75, 3.05) is 32.3 Å². The largest absolute Gasteiger partial charge is 0.493 e. The van der Waals surface area contributed by atoms with Gasteiger partial charge in [0.2, 0.25) is 0 Å². The normalized spacial score (nSPS) is 12.4. The summed E-state index contributed by atoms with van der Waals surface area (Å²) in [7, 11) is -1.99. The predicted octanol–water partition coefficient (Wildman–Crippen LogP) is 3.83. The number of ether oxygens (including phenoxy) is 3. The average molecular weight is 512 g/mol. The van der Waals surface area contributed by atoms with Gasteiger partial charge in [0.15, 0.2) is 5.75 Å². The standard InChI is InChI=1S/C26H29N3O6S/c1-5-34-23-10-8-7-9-18(23)17-11-13-21-20(15-17)28-26(30)29(21)22(16-36(4,31)32)19-12-14-24(33-3)25(27-19)35-6-2/h7-15,22H,5-6,16H2,1-4H3,(H,28,30). The number of rotatable bonds is 10. The Morgan fingerprint density at radius 1 is 1.00 bits per heavy atom. The fourth-order valence-electron chi connectivity index (χ4n) is 4.20. The van der Waals surface area contributed by atoms with Crippen molar-refractivity contribution in [1.29, 1.82) is 0 Å². The second-order valence-electron chi connectivity index (χ2n) is 8.25. The summed E-state index contributed by atoms with van der Waals surface area (Å²) in [6, 6.07) is 15.6. The third-order valence-electron chi connectivity index (χ3n) is 5.68. The van der Waals surface area contributed by atoms with Crippen molar-refractivity contribution in [1.82, 2.24) is 14.5 Å². The van der Waals surface area contributed by atoms with Crippen LogP contribution in [0, 0.1) is 0 Å². The van der Waals surface area contributed by atoms with E-state index in [0.717, 1.165) is 23.1 Å². The van der Waals surface area contributed by atoms with Gasteiger partial charge in [0, 0.05) is 11.8 Å². The summed E-state index contributed by atoms with van der Waals surface area (Å²) in [4.78, 5) is 20.6. The third kappa shape index (κ3) is 5.23. The van der Waals surface area contributed by atoms with E-state index in [9.17, 15) is 13.2 Å². The van der Waals surface area contributed by atoms with E-state index < -0.39 is 21.6 Å². The van der Waals surface area contributed by atoms with Crippen LogP contribution in [-0.2, 0) is 9.84 Å². The van der Waals surface area contributed by atoms with Gasteiger partial charge in [0.25, 0.3) is 5.88 Å². The second-order valence-corrected chi connectivity index (χ2v) is 10.4. The molecule has 0 saturated heterocycles. The first kappa shape index (κ1) is 25.3. The molecule has 9 nitrogen and oxygen atoms in total. The molecule has 36 heavy (non-hydrogen) atoms. The fraction of sp³-hybridized carbons (Fsp3) is 0.308. The van der Waals surface area contributed by atoms with Crippen LogP contribution < -0.4 is 19.9 Å². The Hall–Kier alpha value is -3.79. The number of pyridine rings is 1. The molecule has 1 atom stereocenters. The molecule has 0 aliphatic carbocycles. The topological polar surface area (TPSA) is 113 Å². The first-order chi connectivity index (χ1) is 17.3. The SMILES string of the molecule is CCOc1ccccc1-c1ccc2c(c1)[nH]c(=O)n2C(CS(C)(=O)=O)c1ccc(OC)c(OCC)n1. The Bertz CT molecular complexity index is 1540. The first-order valence-electron chi connectivity index (χ1n) is 11.6. The number of methoxy groups -OCH3 is 1. The summed E-state index contributed by atoms with van der Waals surface area (Å²) in [5.41, 5.74) is 2.81. The zero-order chi connectivity index (χ0) is 25.9. The highest BCUT2D eigenvalue weighted by Crippen LogP contribution is 2.33. The lowest BCUT2D eigenvalue weighted by Crippen LogP contribution is -2.29. The van der Waals surface area contributed by atoms with E-state index in [4.69, 9.17) is 14.2 Å². The van der Waals surface area contributed by atoms with Crippen LogP contribution >= 0.6 is 0 Å². The van der Waals surface area contributed by atoms with Crippen LogP contribution in [0.15, 0.2) is 59.4 Å². The van der Waals surface area contributed by atoms with Gasteiger partial charge < -0.3 is 19.2 Å². The molecule has 0 amide bonds. The number of H-pyrrole nitrogens is 1. The molecule has 0 aliphatic heterocycles. The maximum atomic E-state index is 13.2. The van der Waals surface area contributed by atoms with E-state index in [0.29, 0.717) is 35.7 Å². The van der Waals surface area contributed by atoms with Crippen molar-refractivity contribution in [3.63, 3.8) is 0 Å². The van der Waals surface area contributed by atoms with Crippen molar-refractivity contribution in [2.45, 2.75) is 19.9 Å². The molecule has 1 unspecified atom stereocenters. The molecule has 0 saturated carbocycles. The highest BCUT2D eigenvalue weighted by atomic mass is 32.2. The molecule has 2 aromatic carbocycles. The molecular weight excluding hydrogens is 482 g/mol. The summed E-state index contributed by atoms with van der Waals surface area (Å²) >= 11 is 0. The predicted molar refractivity (Wildman–Crippen MR) is 139 cm³/mol. The highest BCUT2D eigenvalue weighted by molar-refractivity contribution is 7.90. The lowest BCUT2D eigenvalue weighted by molar-refractivity contribution is 0.296. The molecule has 2 heterocycles. The van der Waals surface area contributed by atoms with Gasteiger partial charge in [-0.2, -0.15) is 0 Å². The Morgan fingerprint density at radius 3 is 2.44 bits per heavy atom. The third-order valence-corrected chi connectivity index (χ3v) is 6.60. The molecule has 0 radical (unpaired) electrons. The van der Waals surface area contributed by atoms with Crippen molar-refractivity contribution in [2.24, 2.45) is 0 Å². The van der Waals surface area contributed by atoms with Gasteiger partial charge in [-0.05, 0) is 49.7 Å². The maximum absolute atomic E-state index is 13.2. The van der Waals surface area contributed by atoms with E-state index in [1.807, 2.05) is 50.2 Å². The van der Waals surface area contributed by atoms with E-state index in [2.05, 4.69) is 9.97 Å².